The first-order chi connectivity index (χ1) is 8.65. The van der Waals surface area contributed by atoms with Gasteiger partial charge in [-0.05, 0) is 52.9 Å². The van der Waals surface area contributed by atoms with Gasteiger partial charge in [-0.25, -0.2) is 4.98 Å². The lowest BCUT2D eigenvalue weighted by atomic mass is 10.2. The molecule has 0 bridgehead atoms. The third-order valence-corrected chi connectivity index (χ3v) is 4.13. The predicted octanol–water partition coefficient (Wildman–Crippen LogP) is 5.14. The summed E-state index contributed by atoms with van der Waals surface area (Å²) < 4.78 is 1.09. The second-order valence-corrected chi connectivity index (χ2v) is 5.85. The molecule has 0 aliphatic carbocycles. The van der Waals surface area contributed by atoms with Gasteiger partial charge in [0.25, 0.3) is 0 Å². The zero-order valence-corrected chi connectivity index (χ0v) is 12.7. The highest BCUT2D eigenvalue weighted by Gasteiger charge is 2.10. The topological polar surface area (TPSA) is 28.7 Å². The number of fused-ring (bicyclic) bond motifs is 1. The molecule has 1 aromatic heterocycles. The fourth-order valence-electron chi connectivity index (χ4n) is 1.80. The van der Waals surface area contributed by atoms with E-state index in [4.69, 9.17) is 23.2 Å². The summed E-state index contributed by atoms with van der Waals surface area (Å²) in [7, 11) is 0. The van der Waals surface area contributed by atoms with Crippen LogP contribution in [0.5, 0.6) is 0 Å². The fraction of sp³-hybridized carbons (Fsp3) is 0. The first-order valence-electron chi connectivity index (χ1n) is 5.25. The number of halogens is 3. The van der Waals surface area contributed by atoms with E-state index in [1.807, 2.05) is 36.4 Å². The molecule has 0 fully saturated rings. The normalized spacial score (nSPS) is 11.1. The van der Waals surface area contributed by atoms with Crippen molar-refractivity contribution in [1.82, 2.24) is 9.97 Å². The van der Waals surface area contributed by atoms with Gasteiger partial charge in [-0.1, -0.05) is 29.3 Å². The molecule has 0 aliphatic heterocycles. The monoisotopic (exact) mass is 388 g/mol. The van der Waals surface area contributed by atoms with Gasteiger partial charge in [0.2, 0.25) is 0 Å². The van der Waals surface area contributed by atoms with Crippen LogP contribution in [0.2, 0.25) is 10.0 Å². The van der Waals surface area contributed by atoms with Crippen molar-refractivity contribution in [2.45, 2.75) is 0 Å². The molecule has 3 rings (SSSR count). The van der Waals surface area contributed by atoms with Crippen LogP contribution < -0.4 is 0 Å². The van der Waals surface area contributed by atoms with Crippen molar-refractivity contribution in [1.29, 1.82) is 0 Å². The average Bonchev–Trinajstić information content (AvgIpc) is 2.77. The summed E-state index contributed by atoms with van der Waals surface area (Å²) in [6.45, 7) is 0. The number of H-pyrrole nitrogens is 1. The molecule has 0 spiro atoms. The molecule has 2 nitrogen and oxygen atoms in total. The number of aromatic nitrogens is 2. The molecule has 0 aliphatic rings. The van der Waals surface area contributed by atoms with Gasteiger partial charge in [0.15, 0.2) is 0 Å². The zero-order valence-electron chi connectivity index (χ0n) is 9.05. The van der Waals surface area contributed by atoms with E-state index in [1.54, 1.807) is 0 Å². The summed E-state index contributed by atoms with van der Waals surface area (Å²) in [5.41, 5.74) is 2.69. The lowest BCUT2D eigenvalue weighted by Gasteiger charge is -2.01. The summed E-state index contributed by atoms with van der Waals surface area (Å²) in [5, 5.41) is 1.34. The first-order valence-corrected chi connectivity index (χ1v) is 7.08. The van der Waals surface area contributed by atoms with Crippen LogP contribution >= 0.6 is 45.8 Å². The Morgan fingerprint density at radius 2 is 1.94 bits per heavy atom. The Bertz CT molecular complexity index is 737. The predicted molar refractivity (Wildman–Crippen MR) is 84.3 cm³/mol. The van der Waals surface area contributed by atoms with E-state index in [9.17, 15) is 0 Å². The summed E-state index contributed by atoms with van der Waals surface area (Å²) in [4.78, 5) is 7.80. The zero-order chi connectivity index (χ0) is 12.7. The highest BCUT2D eigenvalue weighted by molar-refractivity contribution is 14.1. The number of nitrogens with zero attached hydrogens (tertiary/aromatic N) is 1. The van der Waals surface area contributed by atoms with Crippen molar-refractivity contribution in [3.63, 3.8) is 0 Å². The largest absolute Gasteiger partial charge is 0.338 e. The number of hydrogen-bond acceptors (Lipinski definition) is 1. The number of para-hydroxylation sites is 1. The maximum Gasteiger partial charge on any atom is 0.139 e. The Morgan fingerprint density at radius 1 is 1.11 bits per heavy atom. The van der Waals surface area contributed by atoms with Crippen LogP contribution in [0.3, 0.4) is 0 Å². The minimum absolute atomic E-state index is 0.645. The molecule has 0 amide bonds. The molecule has 0 radical (unpaired) electrons. The lowest BCUT2D eigenvalue weighted by Crippen LogP contribution is -1.84. The number of imidazole rings is 1. The number of hydrogen-bond donors (Lipinski definition) is 1. The Labute approximate surface area is 127 Å². The Hall–Kier alpha value is -0.780. The highest BCUT2D eigenvalue weighted by Crippen LogP contribution is 2.29. The van der Waals surface area contributed by atoms with Crippen molar-refractivity contribution in [3.05, 3.63) is 50.0 Å². The standard InChI is InChI=1S/C13H7Cl2IN2/c14-7-4-5-10(16)8(6-7)13-17-11-3-1-2-9(15)12(11)18-13/h1-6H,(H,17,18). The van der Waals surface area contributed by atoms with Crippen LogP contribution in [0, 0.1) is 3.57 Å². The fourth-order valence-corrected chi connectivity index (χ4v) is 2.78. The molecule has 0 unspecified atom stereocenters. The third kappa shape index (κ3) is 2.11. The smallest absolute Gasteiger partial charge is 0.139 e. The molecule has 1 N–H and O–H groups in total. The maximum absolute atomic E-state index is 6.12. The Morgan fingerprint density at radius 3 is 2.72 bits per heavy atom. The third-order valence-electron chi connectivity index (χ3n) is 2.65. The van der Waals surface area contributed by atoms with Crippen molar-refractivity contribution in [2.24, 2.45) is 0 Å². The van der Waals surface area contributed by atoms with Crippen LogP contribution in [-0.2, 0) is 0 Å². The van der Waals surface area contributed by atoms with Crippen LogP contribution in [-0.4, -0.2) is 9.97 Å². The second-order valence-electron chi connectivity index (χ2n) is 3.85. The van der Waals surface area contributed by atoms with Gasteiger partial charge in [-0.3, -0.25) is 0 Å². The Kier molecular flexibility index (Phi) is 3.21. The first kappa shape index (κ1) is 12.3. The van der Waals surface area contributed by atoms with E-state index in [-0.39, 0.29) is 0 Å². The molecule has 0 atom stereocenters. The van der Waals surface area contributed by atoms with E-state index >= 15 is 0 Å². The van der Waals surface area contributed by atoms with E-state index < -0.39 is 0 Å². The van der Waals surface area contributed by atoms with Gasteiger partial charge in [-0.2, -0.15) is 0 Å². The molecule has 18 heavy (non-hydrogen) atoms. The van der Waals surface area contributed by atoms with E-state index in [2.05, 4.69) is 32.6 Å². The summed E-state index contributed by atoms with van der Waals surface area (Å²) >= 11 is 14.4. The molecule has 0 saturated carbocycles. The quantitative estimate of drug-likeness (QED) is 0.574. The van der Waals surface area contributed by atoms with Crippen LogP contribution in [0.25, 0.3) is 22.4 Å². The van der Waals surface area contributed by atoms with Gasteiger partial charge < -0.3 is 4.98 Å². The van der Waals surface area contributed by atoms with Gasteiger partial charge in [0.1, 0.15) is 11.3 Å². The van der Waals surface area contributed by atoms with Gasteiger partial charge in [0.05, 0.1) is 10.5 Å². The van der Waals surface area contributed by atoms with E-state index in [0.717, 1.165) is 26.0 Å². The molecular weight excluding hydrogens is 382 g/mol. The molecule has 1 heterocycles. The number of rotatable bonds is 1. The van der Waals surface area contributed by atoms with Gasteiger partial charge >= 0.3 is 0 Å². The molecule has 2 aromatic carbocycles. The molecule has 5 heteroatoms. The number of nitrogens with one attached hydrogen (secondary N) is 1. The summed E-state index contributed by atoms with van der Waals surface area (Å²) in [5.74, 6) is 0.782. The van der Waals surface area contributed by atoms with Crippen molar-refractivity contribution in [2.75, 3.05) is 0 Å². The van der Waals surface area contributed by atoms with E-state index in [0.29, 0.717) is 10.0 Å². The van der Waals surface area contributed by atoms with Crippen LogP contribution in [0.1, 0.15) is 0 Å². The molecular formula is C13H7Cl2IN2. The molecule has 90 valence electrons. The lowest BCUT2D eigenvalue weighted by molar-refractivity contribution is 1.33. The van der Waals surface area contributed by atoms with Gasteiger partial charge in [0, 0.05) is 14.2 Å². The highest BCUT2D eigenvalue weighted by atomic mass is 127. The Balaban J connectivity index is 2.26. The van der Waals surface area contributed by atoms with E-state index in [1.165, 1.54) is 0 Å². The molecule has 3 aromatic rings. The number of benzene rings is 2. The molecule has 0 saturated heterocycles. The number of aromatic amines is 1. The minimum atomic E-state index is 0.645. The van der Waals surface area contributed by atoms with Gasteiger partial charge in [-0.15, -0.1) is 0 Å². The second kappa shape index (κ2) is 4.72. The van der Waals surface area contributed by atoms with Crippen LogP contribution in [0.4, 0.5) is 0 Å². The summed E-state index contributed by atoms with van der Waals surface area (Å²) in [6, 6.07) is 11.4. The maximum atomic E-state index is 6.12. The average molecular weight is 389 g/mol. The van der Waals surface area contributed by atoms with Crippen molar-refractivity contribution >= 4 is 56.8 Å². The SMILES string of the molecule is Clc1ccc(I)c(-c2nc3c(Cl)cccc3[nH]2)c1. The van der Waals surface area contributed by atoms with Crippen molar-refractivity contribution < 1.29 is 0 Å². The van der Waals surface area contributed by atoms with Crippen molar-refractivity contribution in [3.8, 4) is 11.4 Å². The van der Waals surface area contributed by atoms with Crippen LogP contribution in [0.15, 0.2) is 36.4 Å². The summed E-state index contributed by atoms with van der Waals surface area (Å²) in [6.07, 6.45) is 0. The minimum Gasteiger partial charge on any atom is -0.338 e.